The molecule has 1 saturated heterocycles. The molecule has 4 atom stereocenters. The van der Waals surface area contributed by atoms with Gasteiger partial charge in [-0.05, 0) is 35.8 Å². The number of hydrazone groups is 1. The molecule has 0 spiro atoms. The van der Waals surface area contributed by atoms with Crippen LogP contribution in [-0.4, -0.2) is 30.1 Å². The largest absolute Gasteiger partial charge is 0.496 e. The summed E-state index contributed by atoms with van der Waals surface area (Å²) in [5, 5.41) is 7.30. The first-order valence-electron chi connectivity index (χ1n) is 8.85. The van der Waals surface area contributed by atoms with E-state index in [1.54, 1.807) is 13.3 Å². The maximum absolute atomic E-state index is 12.7. The molecule has 2 aliphatic carbocycles. The number of hydrogen-bond donors (Lipinski definition) is 0. The molecular weight excluding hydrogens is 328 g/mol. The number of benzene rings is 2. The lowest BCUT2D eigenvalue weighted by Crippen LogP contribution is -2.28. The summed E-state index contributed by atoms with van der Waals surface area (Å²) in [4.78, 5) is 25.4. The first-order valence-corrected chi connectivity index (χ1v) is 8.85. The van der Waals surface area contributed by atoms with E-state index < -0.39 is 0 Å². The standard InChI is InChI=1S/C21H18N2O3/c1-26-17-9-8-14(15-4-2-3-5-16(15)17)11-22-23-20(24)18-12-6-7-13(10-12)19(18)21(23)25/h2-9,11-13,18-19H,10H2,1H3. The molecular formula is C21H18N2O3. The van der Waals surface area contributed by atoms with E-state index in [0.717, 1.165) is 33.5 Å². The first kappa shape index (κ1) is 15.3. The predicted octanol–water partition coefficient (Wildman–Crippen LogP) is 2.99. The number of fused-ring (bicyclic) bond motifs is 6. The molecule has 26 heavy (non-hydrogen) atoms. The van der Waals surface area contributed by atoms with Crippen LogP contribution in [0.4, 0.5) is 0 Å². The zero-order chi connectivity index (χ0) is 17.8. The monoisotopic (exact) mass is 346 g/mol. The summed E-state index contributed by atoms with van der Waals surface area (Å²) < 4.78 is 5.41. The van der Waals surface area contributed by atoms with Crippen LogP contribution >= 0.6 is 0 Å². The number of carbonyl (C=O) groups excluding carboxylic acids is 2. The Kier molecular flexibility index (Phi) is 3.26. The number of hydrogen-bond acceptors (Lipinski definition) is 4. The van der Waals surface area contributed by atoms with Crippen molar-refractivity contribution < 1.29 is 14.3 Å². The van der Waals surface area contributed by atoms with Crippen molar-refractivity contribution in [3.63, 3.8) is 0 Å². The van der Waals surface area contributed by atoms with E-state index in [-0.39, 0.29) is 35.5 Å². The number of amides is 2. The van der Waals surface area contributed by atoms with Crippen molar-refractivity contribution >= 4 is 28.8 Å². The minimum Gasteiger partial charge on any atom is -0.496 e. The van der Waals surface area contributed by atoms with E-state index in [9.17, 15) is 9.59 Å². The molecule has 3 aliphatic rings. The van der Waals surface area contributed by atoms with E-state index >= 15 is 0 Å². The Balaban J connectivity index is 1.49. The van der Waals surface area contributed by atoms with Gasteiger partial charge in [0.05, 0.1) is 25.2 Å². The summed E-state index contributed by atoms with van der Waals surface area (Å²) in [6.07, 6.45) is 6.70. The third kappa shape index (κ3) is 2.00. The van der Waals surface area contributed by atoms with Crippen LogP contribution in [0, 0.1) is 23.7 Å². The maximum Gasteiger partial charge on any atom is 0.254 e. The van der Waals surface area contributed by atoms with Gasteiger partial charge in [0.1, 0.15) is 5.75 Å². The molecule has 5 nitrogen and oxygen atoms in total. The van der Waals surface area contributed by atoms with Gasteiger partial charge in [-0.3, -0.25) is 9.59 Å². The fourth-order valence-electron chi connectivity index (χ4n) is 4.71. The smallest absolute Gasteiger partial charge is 0.254 e. The van der Waals surface area contributed by atoms with E-state index in [4.69, 9.17) is 4.74 Å². The third-order valence-corrected chi connectivity index (χ3v) is 5.90. The number of rotatable bonds is 3. The molecule has 0 aromatic heterocycles. The number of carbonyl (C=O) groups is 2. The summed E-state index contributed by atoms with van der Waals surface area (Å²) in [5.74, 6) is 0.413. The lowest BCUT2D eigenvalue weighted by atomic mass is 9.85. The normalized spacial score (nSPS) is 29.3. The summed E-state index contributed by atoms with van der Waals surface area (Å²) in [6, 6.07) is 11.6. The molecule has 1 aliphatic heterocycles. The third-order valence-electron chi connectivity index (χ3n) is 5.90. The van der Waals surface area contributed by atoms with Crippen LogP contribution in [-0.2, 0) is 9.59 Å². The van der Waals surface area contributed by atoms with Crippen molar-refractivity contribution in [3.05, 3.63) is 54.1 Å². The minimum absolute atomic E-state index is 0.161. The molecule has 2 aromatic carbocycles. The molecule has 5 rings (SSSR count). The summed E-state index contributed by atoms with van der Waals surface area (Å²) in [7, 11) is 1.64. The van der Waals surface area contributed by atoms with E-state index in [2.05, 4.69) is 17.3 Å². The first-order chi connectivity index (χ1) is 12.7. The number of allylic oxidation sites excluding steroid dienone is 2. The quantitative estimate of drug-likeness (QED) is 0.488. The lowest BCUT2D eigenvalue weighted by molar-refractivity contribution is -0.140. The van der Waals surface area contributed by atoms with Crippen molar-refractivity contribution in [1.82, 2.24) is 5.01 Å². The van der Waals surface area contributed by atoms with Gasteiger partial charge in [0.2, 0.25) is 0 Å². The van der Waals surface area contributed by atoms with Crippen LogP contribution in [0.15, 0.2) is 53.7 Å². The molecule has 2 bridgehead atoms. The van der Waals surface area contributed by atoms with Crippen molar-refractivity contribution in [2.24, 2.45) is 28.8 Å². The van der Waals surface area contributed by atoms with Crippen molar-refractivity contribution in [1.29, 1.82) is 0 Å². The Morgan fingerprint density at radius 1 is 1.00 bits per heavy atom. The highest BCUT2D eigenvalue weighted by Crippen LogP contribution is 2.52. The van der Waals surface area contributed by atoms with E-state index in [0.29, 0.717) is 0 Å². The summed E-state index contributed by atoms with van der Waals surface area (Å²) in [6.45, 7) is 0. The number of imide groups is 1. The predicted molar refractivity (Wildman–Crippen MR) is 97.7 cm³/mol. The lowest BCUT2D eigenvalue weighted by Gasteiger charge is -2.13. The Hall–Kier alpha value is -2.95. The van der Waals surface area contributed by atoms with Crippen molar-refractivity contribution in [3.8, 4) is 5.75 Å². The average Bonchev–Trinajstić information content (AvgIpc) is 3.34. The van der Waals surface area contributed by atoms with Gasteiger partial charge in [-0.1, -0.05) is 36.4 Å². The molecule has 2 fully saturated rings. The van der Waals surface area contributed by atoms with Crippen molar-refractivity contribution in [2.75, 3.05) is 7.11 Å². The Bertz CT molecular complexity index is 964. The van der Waals surface area contributed by atoms with Gasteiger partial charge in [0.25, 0.3) is 11.8 Å². The molecule has 0 radical (unpaired) electrons. The highest BCUT2D eigenvalue weighted by Gasteiger charge is 2.59. The van der Waals surface area contributed by atoms with E-state index in [1.165, 1.54) is 0 Å². The molecule has 1 saturated carbocycles. The zero-order valence-corrected chi connectivity index (χ0v) is 14.3. The molecule has 130 valence electrons. The topological polar surface area (TPSA) is 59.0 Å². The number of ether oxygens (including phenoxy) is 1. The van der Waals surface area contributed by atoms with Crippen LogP contribution in [0.5, 0.6) is 5.75 Å². The van der Waals surface area contributed by atoms with Crippen LogP contribution < -0.4 is 4.74 Å². The van der Waals surface area contributed by atoms with Crippen LogP contribution in [0.25, 0.3) is 10.8 Å². The highest BCUT2D eigenvalue weighted by molar-refractivity contribution is 6.08. The fourth-order valence-corrected chi connectivity index (χ4v) is 4.71. The van der Waals surface area contributed by atoms with Gasteiger partial charge in [-0.25, -0.2) is 0 Å². The number of methoxy groups -OCH3 is 1. The maximum atomic E-state index is 12.7. The molecule has 2 amide bonds. The number of nitrogens with zero attached hydrogens (tertiary/aromatic N) is 2. The minimum atomic E-state index is -0.220. The second-order valence-electron chi connectivity index (χ2n) is 7.14. The second-order valence-corrected chi connectivity index (χ2v) is 7.14. The van der Waals surface area contributed by atoms with Gasteiger partial charge in [-0.15, -0.1) is 0 Å². The van der Waals surface area contributed by atoms with Gasteiger partial charge in [0, 0.05) is 10.9 Å². The molecule has 4 unspecified atom stereocenters. The highest BCUT2D eigenvalue weighted by atomic mass is 16.5. The summed E-state index contributed by atoms with van der Waals surface area (Å²) in [5.41, 5.74) is 0.847. The fraction of sp³-hybridized carbons (Fsp3) is 0.286. The van der Waals surface area contributed by atoms with Crippen molar-refractivity contribution in [2.45, 2.75) is 6.42 Å². The SMILES string of the molecule is COc1ccc(C=NN2C(=O)C3C4C=CC(C4)C3C2=O)c2ccccc12. The Morgan fingerprint density at radius 3 is 2.31 bits per heavy atom. The zero-order valence-electron chi connectivity index (χ0n) is 14.3. The van der Waals surface area contributed by atoms with E-state index in [1.807, 2.05) is 36.4 Å². The van der Waals surface area contributed by atoms with Crippen LogP contribution in [0.1, 0.15) is 12.0 Å². The Morgan fingerprint density at radius 2 is 1.65 bits per heavy atom. The average molecular weight is 346 g/mol. The molecule has 0 N–H and O–H groups in total. The van der Waals surface area contributed by atoms with Gasteiger partial charge < -0.3 is 4.74 Å². The van der Waals surface area contributed by atoms with Gasteiger partial charge in [0.15, 0.2) is 0 Å². The Labute approximate surface area is 150 Å². The van der Waals surface area contributed by atoms with Crippen LogP contribution in [0.3, 0.4) is 0 Å². The summed E-state index contributed by atoms with van der Waals surface area (Å²) >= 11 is 0. The second kappa shape index (κ2) is 5.53. The van der Waals surface area contributed by atoms with Gasteiger partial charge in [-0.2, -0.15) is 10.1 Å². The van der Waals surface area contributed by atoms with Crippen LogP contribution in [0.2, 0.25) is 0 Å². The molecule has 2 aromatic rings. The molecule has 5 heteroatoms. The van der Waals surface area contributed by atoms with Gasteiger partial charge >= 0.3 is 0 Å². The molecule has 1 heterocycles.